The molecule has 0 aromatic heterocycles. The maximum absolute atomic E-state index is 11.9. The minimum Gasteiger partial charge on any atom is -0.444 e. The van der Waals surface area contributed by atoms with Crippen LogP contribution in [0.4, 0.5) is 4.79 Å². The highest BCUT2D eigenvalue weighted by Gasteiger charge is 2.27. The van der Waals surface area contributed by atoms with E-state index in [-0.39, 0.29) is 12.2 Å². The van der Waals surface area contributed by atoms with Gasteiger partial charge in [-0.05, 0) is 40.5 Å². The first-order chi connectivity index (χ1) is 9.81. The molecule has 0 aromatic rings. The number of hydrogen-bond donors (Lipinski definition) is 1. The Hall–Kier alpha value is -0.850. The fourth-order valence-corrected chi connectivity index (χ4v) is 2.14. The van der Waals surface area contributed by atoms with Crippen LogP contribution < -0.4 is 0 Å². The van der Waals surface area contributed by atoms with Gasteiger partial charge in [0.1, 0.15) is 5.60 Å². The van der Waals surface area contributed by atoms with Gasteiger partial charge in [-0.2, -0.15) is 0 Å². The van der Waals surface area contributed by atoms with Crippen molar-refractivity contribution < 1.29 is 24.1 Å². The second-order valence-corrected chi connectivity index (χ2v) is 6.24. The van der Waals surface area contributed by atoms with Crippen molar-refractivity contribution in [2.75, 3.05) is 26.3 Å². The van der Waals surface area contributed by atoms with Crippen LogP contribution in [0.1, 0.15) is 47.0 Å². The first-order valence-electron chi connectivity index (χ1n) is 7.71. The number of aliphatic hydroxyl groups is 1. The van der Waals surface area contributed by atoms with Gasteiger partial charge in [0, 0.05) is 26.1 Å². The highest BCUT2D eigenvalue weighted by Crippen LogP contribution is 2.17. The average Bonchev–Trinajstić information content (AvgIpc) is 2.38. The summed E-state index contributed by atoms with van der Waals surface area (Å²) in [6, 6.07) is 0. The molecule has 21 heavy (non-hydrogen) atoms. The summed E-state index contributed by atoms with van der Waals surface area (Å²) < 4.78 is 16.1. The first kappa shape index (κ1) is 18.2. The van der Waals surface area contributed by atoms with Crippen molar-refractivity contribution in [3.63, 3.8) is 0 Å². The van der Waals surface area contributed by atoms with Crippen molar-refractivity contribution in [1.82, 2.24) is 4.90 Å². The monoisotopic (exact) mass is 303 g/mol. The molecule has 1 saturated heterocycles. The molecule has 1 aliphatic heterocycles. The van der Waals surface area contributed by atoms with Gasteiger partial charge in [0.25, 0.3) is 0 Å². The van der Waals surface area contributed by atoms with Crippen LogP contribution in [-0.4, -0.2) is 60.4 Å². The minimum absolute atomic E-state index is 0.137. The Morgan fingerprint density at radius 3 is 2.48 bits per heavy atom. The number of likely N-dealkylation sites (tertiary alicyclic amines) is 1. The van der Waals surface area contributed by atoms with Crippen molar-refractivity contribution >= 4 is 6.09 Å². The van der Waals surface area contributed by atoms with Crippen molar-refractivity contribution in [2.45, 2.75) is 65.0 Å². The summed E-state index contributed by atoms with van der Waals surface area (Å²) in [6.07, 6.45) is 1.19. The molecule has 0 radical (unpaired) electrons. The highest BCUT2D eigenvalue weighted by atomic mass is 16.6. The average molecular weight is 303 g/mol. The third-order valence-electron chi connectivity index (χ3n) is 3.17. The Balaban J connectivity index is 2.19. The number of carbonyl (C=O) groups is 1. The maximum atomic E-state index is 11.9. The van der Waals surface area contributed by atoms with Crippen LogP contribution in [0.25, 0.3) is 0 Å². The van der Waals surface area contributed by atoms with Gasteiger partial charge < -0.3 is 24.2 Å². The van der Waals surface area contributed by atoms with Gasteiger partial charge in [-0.15, -0.1) is 0 Å². The normalized spacial score (nSPS) is 18.6. The van der Waals surface area contributed by atoms with Gasteiger partial charge >= 0.3 is 6.09 Å². The molecule has 1 amide bonds. The van der Waals surface area contributed by atoms with Gasteiger partial charge in [0.05, 0.1) is 12.7 Å². The number of aliphatic hydroxyl groups excluding tert-OH is 1. The van der Waals surface area contributed by atoms with E-state index in [1.54, 1.807) is 4.90 Å². The number of amides is 1. The lowest BCUT2D eigenvalue weighted by atomic mass is 10.1. The third kappa shape index (κ3) is 7.64. The summed E-state index contributed by atoms with van der Waals surface area (Å²) in [5.74, 6) is 0. The van der Waals surface area contributed by atoms with Gasteiger partial charge in [-0.3, -0.25) is 0 Å². The predicted octanol–water partition coefficient (Wildman–Crippen LogP) is 2.15. The van der Waals surface area contributed by atoms with E-state index in [1.807, 2.05) is 27.7 Å². The fourth-order valence-electron chi connectivity index (χ4n) is 2.14. The zero-order valence-electron chi connectivity index (χ0n) is 13.6. The standard InChI is InChI=1S/C15H29NO5/c1-5-19-13(17)8-11-20-12-6-9-16(10-7-12)14(18)21-15(2,3)4/h12-13,17H,5-11H2,1-4H3. The van der Waals surface area contributed by atoms with Crippen molar-refractivity contribution in [2.24, 2.45) is 0 Å². The van der Waals surface area contributed by atoms with Crippen molar-refractivity contribution in [3.05, 3.63) is 0 Å². The molecule has 124 valence electrons. The molecule has 1 atom stereocenters. The van der Waals surface area contributed by atoms with E-state index in [1.165, 1.54) is 0 Å². The van der Waals surface area contributed by atoms with Crippen LogP contribution in [-0.2, 0) is 14.2 Å². The molecule has 0 spiro atoms. The molecule has 0 aliphatic carbocycles. The van der Waals surface area contributed by atoms with Gasteiger partial charge in [-0.1, -0.05) is 0 Å². The Labute approximate surface area is 127 Å². The lowest BCUT2D eigenvalue weighted by molar-refractivity contribution is -0.115. The van der Waals surface area contributed by atoms with Crippen LogP contribution in [0.3, 0.4) is 0 Å². The largest absolute Gasteiger partial charge is 0.444 e. The predicted molar refractivity (Wildman–Crippen MR) is 79.0 cm³/mol. The summed E-state index contributed by atoms with van der Waals surface area (Å²) >= 11 is 0. The number of nitrogens with zero attached hydrogens (tertiary/aromatic N) is 1. The number of carbonyl (C=O) groups excluding carboxylic acids is 1. The zero-order chi connectivity index (χ0) is 15.9. The molecule has 6 nitrogen and oxygen atoms in total. The molecule has 0 saturated carbocycles. The molecule has 1 heterocycles. The van der Waals surface area contributed by atoms with E-state index in [0.29, 0.717) is 32.7 Å². The van der Waals surface area contributed by atoms with E-state index in [9.17, 15) is 9.90 Å². The lowest BCUT2D eigenvalue weighted by Crippen LogP contribution is -2.43. The molecule has 0 bridgehead atoms. The summed E-state index contributed by atoms with van der Waals surface area (Å²) in [6.45, 7) is 9.70. The van der Waals surface area contributed by atoms with E-state index in [4.69, 9.17) is 14.2 Å². The molecule has 0 aromatic carbocycles. The molecule has 1 N–H and O–H groups in total. The van der Waals surface area contributed by atoms with E-state index >= 15 is 0 Å². The second-order valence-electron chi connectivity index (χ2n) is 6.24. The Morgan fingerprint density at radius 2 is 1.95 bits per heavy atom. The smallest absolute Gasteiger partial charge is 0.410 e. The van der Waals surface area contributed by atoms with Gasteiger partial charge in [-0.25, -0.2) is 4.79 Å². The lowest BCUT2D eigenvalue weighted by Gasteiger charge is -2.33. The molecule has 1 aliphatic rings. The Kier molecular flexibility index (Phi) is 7.42. The number of rotatable bonds is 6. The summed E-state index contributed by atoms with van der Waals surface area (Å²) in [5, 5.41) is 9.43. The minimum atomic E-state index is -0.753. The van der Waals surface area contributed by atoms with Crippen LogP contribution >= 0.6 is 0 Å². The van der Waals surface area contributed by atoms with Crippen LogP contribution in [0.15, 0.2) is 0 Å². The fraction of sp³-hybridized carbons (Fsp3) is 0.933. The number of hydrogen-bond acceptors (Lipinski definition) is 5. The molecule has 1 rings (SSSR count). The third-order valence-corrected chi connectivity index (χ3v) is 3.17. The van der Waals surface area contributed by atoms with Crippen LogP contribution in [0.2, 0.25) is 0 Å². The molecule has 6 heteroatoms. The molecular formula is C15H29NO5. The first-order valence-corrected chi connectivity index (χ1v) is 7.71. The Bertz CT molecular complexity index is 308. The maximum Gasteiger partial charge on any atom is 0.410 e. The topological polar surface area (TPSA) is 68.2 Å². The highest BCUT2D eigenvalue weighted by molar-refractivity contribution is 5.68. The van der Waals surface area contributed by atoms with Gasteiger partial charge in [0.2, 0.25) is 0 Å². The van der Waals surface area contributed by atoms with E-state index < -0.39 is 11.9 Å². The van der Waals surface area contributed by atoms with Crippen molar-refractivity contribution in [1.29, 1.82) is 0 Å². The number of ether oxygens (including phenoxy) is 3. The van der Waals surface area contributed by atoms with E-state index in [2.05, 4.69) is 0 Å². The van der Waals surface area contributed by atoms with Crippen LogP contribution in [0, 0.1) is 0 Å². The quantitative estimate of drug-likeness (QED) is 0.761. The number of piperidine rings is 1. The summed E-state index contributed by atoms with van der Waals surface area (Å²) in [4.78, 5) is 13.6. The van der Waals surface area contributed by atoms with Gasteiger partial charge in [0.15, 0.2) is 6.29 Å². The Morgan fingerprint density at radius 1 is 1.33 bits per heavy atom. The summed E-state index contributed by atoms with van der Waals surface area (Å²) in [7, 11) is 0. The molecular weight excluding hydrogens is 274 g/mol. The van der Waals surface area contributed by atoms with E-state index in [0.717, 1.165) is 12.8 Å². The van der Waals surface area contributed by atoms with Crippen LogP contribution in [0.5, 0.6) is 0 Å². The van der Waals surface area contributed by atoms with Crippen molar-refractivity contribution in [3.8, 4) is 0 Å². The molecule has 1 fully saturated rings. The summed E-state index contributed by atoms with van der Waals surface area (Å²) in [5.41, 5.74) is -0.458. The SMILES string of the molecule is CCOC(O)CCOC1CCN(C(=O)OC(C)(C)C)CC1. The molecule has 1 unspecified atom stereocenters. The second kappa shape index (κ2) is 8.56. The zero-order valence-corrected chi connectivity index (χ0v) is 13.6.